The minimum absolute atomic E-state index is 0.375. The van der Waals surface area contributed by atoms with Gasteiger partial charge in [0.25, 0.3) is 0 Å². The maximum Gasteiger partial charge on any atom is 0.178 e. The molecule has 0 fully saturated rings. The summed E-state index contributed by atoms with van der Waals surface area (Å²) in [5, 5.41) is 12.4. The van der Waals surface area contributed by atoms with E-state index in [2.05, 4.69) is 15.5 Å². The van der Waals surface area contributed by atoms with Crippen LogP contribution in [0.3, 0.4) is 0 Å². The van der Waals surface area contributed by atoms with Crippen LogP contribution >= 0.6 is 0 Å². The maximum absolute atomic E-state index is 5.82. The molecule has 0 saturated carbocycles. The lowest BCUT2D eigenvalue weighted by Crippen LogP contribution is -2.03. The molecule has 19 heavy (non-hydrogen) atoms. The molecular formula is C12H11N5O2. The van der Waals surface area contributed by atoms with E-state index in [0.29, 0.717) is 24.6 Å². The van der Waals surface area contributed by atoms with Crippen molar-refractivity contribution in [2.75, 3.05) is 12.3 Å². The Morgan fingerprint density at radius 2 is 2.37 bits per heavy atom. The van der Waals surface area contributed by atoms with E-state index < -0.39 is 0 Å². The molecule has 3 heterocycles. The lowest BCUT2D eigenvalue weighted by atomic mass is 10.0. The third kappa shape index (κ3) is 1.48. The normalized spacial score (nSPS) is 13.7. The van der Waals surface area contributed by atoms with Crippen molar-refractivity contribution in [2.45, 2.75) is 13.0 Å². The number of ether oxygens (including phenoxy) is 1. The molecule has 7 heteroatoms. The molecule has 1 aliphatic rings. The van der Waals surface area contributed by atoms with Crippen LogP contribution in [-0.4, -0.2) is 26.8 Å². The van der Waals surface area contributed by atoms with Crippen molar-refractivity contribution in [1.29, 1.82) is 0 Å². The van der Waals surface area contributed by atoms with Gasteiger partial charge in [0.05, 0.1) is 19.3 Å². The van der Waals surface area contributed by atoms with E-state index in [0.717, 1.165) is 28.7 Å². The van der Waals surface area contributed by atoms with Gasteiger partial charge in [0.2, 0.25) is 0 Å². The average molecular weight is 257 g/mol. The SMILES string of the molecule is Nc1noc2cc(Cn3ccnn3)c3c(c12)OCC3. The number of nitrogen functional groups attached to an aromatic ring is 1. The fourth-order valence-corrected chi connectivity index (χ4v) is 2.51. The maximum atomic E-state index is 5.82. The number of anilines is 1. The molecule has 0 radical (unpaired) electrons. The van der Waals surface area contributed by atoms with Crippen molar-refractivity contribution in [3.05, 3.63) is 29.6 Å². The summed E-state index contributed by atoms with van der Waals surface area (Å²) in [7, 11) is 0. The second-order valence-corrected chi connectivity index (χ2v) is 4.48. The molecule has 1 aromatic carbocycles. The number of fused-ring (bicyclic) bond motifs is 3. The van der Waals surface area contributed by atoms with Crippen LogP contribution in [0.4, 0.5) is 5.82 Å². The molecule has 0 bridgehead atoms. The molecule has 0 spiro atoms. The zero-order chi connectivity index (χ0) is 12.8. The molecule has 0 saturated heterocycles. The third-order valence-electron chi connectivity index (χ3n) is 3.34. The van der Waals surface area contributed by atoms with E-state index in [4.69, 9.17) is 15.0 Å². The Morgan fingerprint density at radius 3 is 3.21 bits per heavy atom. The van der Waals surface area contributed by atoms with Crippen molar-refractivity contribution in [3.8, 4) is 5.75 Å². The Balaban J connectivity index is 1.92. The van der Waals surface area contributed by atoms with E-state index in [9.17, 15) is 0 Å². The van der Waals surface area contributed by atoms with Gasteiger partial charge >= 0.3 is 0 Å². The van der Waals surface area contributed by atoms with Gasteiger partial charge in [-0.15, -0.1) is 5.10 Å². The summed E-state index contributed by atoms with van der Waals surface area (Å²) in [5.41, 5.74) is 8.72. The van der Waals surface area contributed by atoms with E-state index >= 15 is 0 Å². The minimum Gasteiger partial charge on any atom is -0.492 e. The first-order chi connectivity index (χ1) is 9.33. The molecule has 1 aliphatic heterocycles. The van der Waals surface area contributed by atoms with Gasteiger partial charge in [-0.3, -0.25) is 0 Å². The van der Waals surface area contributed by atoms with Crippen molar-refractivity contribution >= 4 is 16.8 Å². The summed E-state index contributed by atoms with van der Waals surface area (Å²) in [5.74, 6) is 1.17. The van der Waals surface area contributed by atoms with Crippen molar-refractivity contribution in [1.82, 2.24) is 20.2 Å². The molecule has 0 amide bonds. The molecule has 0 aliphatic carbocycles. The summed E-state index contributed by atoms with van der Waals surface area (Å²) >= 11 is 0. The van der Waals surface area contributed by atoms with Crippen LogP contribution in [0.25, 0.3) is 11.0 Å². The zero-order valence-electron chi connectivity index (χ0n) is 10.0. The molecule has 3 aromatic rings. The summed E-state index contributed by atoms with van der Waals surface area (Å²) in [6, 6.07) is 1.95. The smallest absolute Gasteiger partial charge is 0.178 e. The number of hydrogen-bond donors (Lipinski definition) is 1. The van der Waals surface area contributed by atoms with Gasteiger partial charge in [-0.05, 0) is 11.6 Å². The molecular weight excluding hydrogens is 246 g/mol. The van der Waals surface area contributed by atoms with E-state index in [1.165, 1.54) is 0 Å². The lowest BCUT2D eigenvalue weighted by Gasteiger charge is -2.07. The van der Waals surface area contributed by atoms with Crippen LogP contribution in [0.1, 0.15) is 11.1 Å². The number of benzene rings is 1. The highest BCUT2D eigenvalue weighted by atomic mass is 16.5. The first-order valence-corrected chi connectivity index (χ1v) is 5.99. The predicted octanol–water partition coefficient (Wildman–Crippen LogP) is 0.985. The van der Waals surface area contributed by atoms with Crippen molar-refractivity contribution < 1.29 is 9.26 Å². The third-order valence-corrected chi connectivity index (χ3v) is 3.34. The topological polar surface area (TPSA) is 92.0 Å². The van der Waals surface area contributed by atoms with Crippen LogP contribution in [0.2, 0.25) is 0 Å². The second-order valence-electron chi connectivity index (χ2n) is 4.48. The molecule has 96 valence electrons. The van der Waals surface area contributed by atoms with Gasteiger partial charge in [0.15, 0.2) is 11.4 Å². The quantitative estimate of drug-likeness (QED) is 0.735. The van der Waals surface area contributed by atoms with Crippen LogP contribution < -0.4 is 10.5 Å². The largest absolute Gasteiger partial charge is 0.492 e. The minimum atomic E-state index is 0.375. The average Bonchev–Trinajstić information content (AvgIpc) is 3.09. The first kappa shape index (κ1) is 10.4. The number of aromatic nitrogens is 4. The highest BCUT2D eigenvalue weighted by molar-refractivity contribution is 5.95. The molecule has 2 N–H and O–H groups in total. The Bertz CT molecular complexity index is 747. The lowest BCUT2D eigenvalue weighted by molar-refractivity contribution is 0.360. The highest BCUT2D eigenvalue weighted by Crippen LogP contribution is 2.39. The summed E-state index contributed by atoms with van der Waals surface area (Å²) in [6.07, 6.45) is 4.34. The molecule has 0 atom stereocenters. The highest BCUT2D eigenvalue weighted by Gasteiger charge is 2.24. The van der Waals surface area contributed by atoms with Crippen LogP contribution in [0.5, 0.6) is 5.75 Å². The van der Waals surface area contributed by atoms with Gasteiger partial charge in [-0.25, -0.2) is 4.68 Å². The van der Waals surface area contributed by atoms with Crippen molar-refractivity contribution in [2.24, 2.45) is 0 Å². The number of nitrogens with zero attached hydrogens (tertiary/aromatic N) is 4. The van der Waals surface area contributed by atoms with Gasteiger partial charge in [0.1, 0.15) is 11.1 Å². The monoisotopic (exact) mass is 257 g/mol. The van der Waals surface area contributed by atoms with Gasteiger partial charge in [-0.2, -0.15) is 0 Å². The Labute approximate surface area is 107 Å². The Hall–Kier alpha value is -2.57. The summed E-state index contributed by atoms with van der Waals surface area (Å²) < 4.78 is 12.7. The first-order valence-electron chi connectivity index (χ1n) is 5.99. The van der Waals surface area contributed by atoms with E-state index in [-0.39, 0.29) is 0 Å². The number of nitrogens with two attached hydrogens (primary N) is 1. The molecule has 0 unspecified atom stereocenters. The van der Waals surface area contributed by atoms with E-state index in [1.54, 1.807) is 10.9 Å². The fourth-order valence-electron chi connectivity index (χ4n) is 2.51. The second kappa shape index (κ2) is 3.71. The molecule has 4 rings (SSSR count). The van der Waals surface area contributed by atoms with Gasteiger partial charge in [0, 0.05) is 18.2 Å². The molecule has 2 aromatic heterocycles. The Kier molecular flexibility index (Phi) is 2.02. The van der Waals surface area contributed by atoms with Gasteiger partial charge in [-0.1, -0.05) is 10.4 Å². The van der Waals surface area contributed by atoms with E-state index in [1.807, 2.05) is 12.3 Å². The van der Waals surface area contributed by atoms with Crippen molar-refractivity contribution in [3.63, 3.8) is 0 Å². The van der Waals surface area contributed by atoms with Crippen LogP contribution in [-0.2, 0) is 13.0 Å². The standard InChI is InChI=1S/C12H11N5O2/c13-12-10-9(19-15-12)5-7(6-17-3-2-14-16-17)8-1-4-18-11(8)10/h2-3,5H,1,4,6H2,(H2,13,15). The Morgan fingerprint density at radius 1 is 1.42 bits per heavy atom. The van der Waals surface area contributed by atoms with Gasteiger partial charge < -0.3 is 15.0 Å². The summed E-state index contributed by atoms with van der Waals surface area (Å²) in [6.45, 7) is 1.28. The molecule has 7 nitrogen and oxygen atoms in total. The van der Waals surface area contributed by atoms with Crippen LogP contribution in [0, 0.1) is 0 Å². The predicted molar refractivity (Wildman–Crippen MR) is 66.7 cm³/mol. The fraction of sp³-hybridized carbons (Fsp3) is 0.250. The van der Waals surface area contributed by atoms with Crippen LogP contribution in [0.15, 0.2) is 23.0 Å². The number of hydrogen-bond acceptors (Lipinski definition) is 6. The number of rotatable bonds is 2. The zero-order valence-corrected chi connectivity index (χ0v) is 10.0. The summed E-state index contributed by atoms with van der Waals surface area (Å²) in [4.78, 5) is 0.